The number of carbonyl (C=O) groups excluding carboxylic acids is 1. The van der Waals surface area contributed by atoms with Crippen molar-refractivity contribution < 1.29 is 9.53 Å². The number of para-hydroxylation sites is 1. The van der Waals surface area contributed by atoms with Crippen molar-refractivity contribution >= 4 is 34.8 Å². The lowest BCUT2D eigenvalue weighted by Crippen LogP contribution is -2.52. The molecule has 1 atom stereocenters. The monoisotopic (exact) mass is 378 g/mol. The van der Waals surface area contributed by atoms with Gasteiger partial charge in [0, 0.05) is 31.2 Å². The summed E-state index contributed by atoms with van der Waals surface area (Å²) in [6.45, 7) is 4.56. The molecule has 0 aromatic heterocycles. The highest BCUT2D eigenvalue weighted by Crippen LogP contribution is 2.26. The molecular formula is C19H20Cl2N2O2. The molecule has 0 spiro atoms. The van der Waals surface area contributed by atoms with Crippen LogP contribution >= 0.6 is 23.2 Å². The van der Waals surface area contributed by atoms with E-state index in [1.165, 1.54) is 0 Å². The number of hydrogen-bond donors (Lipinski definition) is 0. The van der Waals surface area contributed by atoms with Gasteiger partial charge in [-0.05, 0) is 37.3 Å². The van der Waals surface area contributed by atoms with Crippen LogP contribution in [-0.2, 0) is 4.79 Å². The largest absolute Gasteiger partial charge is 0.481 e. The second-order valence-electron chi connectivity index (χ2n) is 5.98. The van der Waals surface area contributed by atoms with E-state index in [1.54, 1.807) is 31.2 Å². The highest BCUT2D eigenvalue weighted by molar-refractivity contribution is 6.33. The molecule has 4 nitrogen and oxygen atoms in total. The van der Waals surface area contributed by atoms with E-state index in [-0.39, 0.29) is 5.91 Å². The Labute approximate surface area is 157 Å². The van der Waals surface area contributed by atoms with E-state index < -0.39 is 6.10 Å². The normalized spacial score (nSPS) is 15.8. The summed E-state index contributed by atoms with van der Waals surface area (Å²) in [4.78, 5) is 16.7. The van der Waals surface area contributed by atoms with Crippen molar-refractivity contribution in [2.75, 3.05) is 31.1 Å². The lowest BCUT2D eigenvalue weighted by atomic mass is 10.2. The van der Waals surface area contributed by atoms with Gasteiger partial charge in [-0.1, -0.05) is 41.4 Å². The molecule has 2 aromatic rings. The van der Waals surface area contributed by atoms with Crippen molar-refractivity contribution in [2.24, 2.45) is 0 Å². The smallest absolute Gasteiger partial charge is 0.263 e. The third kappa shape index (κ3) is 4.39. The molecule has 0 saturated carbocycles. The maximum absolute atomic E-state index is 12.6. The molecule has 0 N–H and O–H groups in total. The Hall–Kier alpha value is -1.91. The van der Waals surface area contributed by atoms with Crippen LogP contribution in [0, 0.1) is 0 Å². The highest BCUT2D eigenvalue weighted by atomic mass is 35.5. The van der Waals surface area contributed by atoms with Gasteiger partial charge in [0.05, 0.1) is 10.7 Å². The molecule has 0 aliphatic carbocycles. The zero-order chi connectivity index (χ0) is 17.8. The van der Waals surface area contributed by atoms with E-state index in [0.29, 0.717) is 23.9 Å². The van der Waals surface area contributed by atoms with Crippen molar-refractivity contribution in [1.29, 1.82) is 0 Å². The third-order valence-corrected chi connectivity index (χ3v) is 4.80. The number of piperazine rings is 1. The number of halogens is 2. The SMILES string of the molecule is CC(Oc1cccc(Cl)c1)C(=O)N1CCN(c2ccccc2Cl)CC1. The molecule has 1 unspecified atom stereocenters. The van der Waals surface area contributed by atoms with E-state index in [9.17, 15) is 4.79 Å². The van der Waals surface area contributed by atoms with Gasteiger partial charge in [0.25, 0.3) is 5.91 Å². The van der Waals surface area contributed by atoms with E-state index in [0.717, 1.165) is 23.8 Å². The van der Waals surface area contributed by atoms with E-state index in [4.69, 9.17) is 27.9 Å². The van der Waals surface area contributed by atoms with Gasteiger partial charge in [0.1, 0.15) is 5.75 Å². The summed E-state index contributed by atoms with van der Waals surface area (Å²) >= 11 is 12.2. The van der Waals surface area contributed by atoms with Gasteiger partial charge in [-0.2, -0.15) is 0 Å². The first-order valence-corrected chi connectivity index (χ1v) is 9.00. The fourth-order valence-corrected chi connectivity index (χ4v) is 3.36. The van der Waals surface area contributed by atoms with Crippen LogP contribution in [0.1, 0.15) is 6.92 Å². The summed E-state index contributed by atoms with van der Waals surface area (Å²) in [6, 6.07) is 14.9. The highest BCUT2D eigenvalue weighted by Gasteiger charge is 2.26. The predicted molar refractivity (Wildman–Crippen MR) is 102 cm³/mol. The first-order valence-electron chi connectivity index (χ1n) is 8.25. The Morgan fingerprint density at radius 3 is 2.44 bits per heavy atom. The third-order valence-electron chi connectivity index (χ3n) is 4.24. The molecule has 1 saturated heterocycles. The number of anilines is 1. The number of benzene rings is 2. The lowest BCUT2D eigenvalue weighted by molar-refractivity contribution is -0.138. The van der Waals surface area contributed by atoms with Crippen LogP contribution in [0.2, 0.25) is 10.0 Å². The zero-order valence-electron chi connectivity index (χ0n) is 14.0. The minimum Gasteiger partial charge on any atom is -0.481 e. The van der Waals surface area contributed by atoms with Crippen molar-refractivity contribution in [1.82, 2.24) is 4.90 Å². The Kier molecular flexibility index (Phi) is 5.71. The molecule has 3 rings (SSSR count). The first-order chi connectivity index (χ1) is 12.0. The summed E-state index contributed by atoms with van der Waals surface area (Å²) in [5, 5.41) is 1.32. The van der Waals surface area contributed by atoms with Crippen LogP contribution in [0.5, 0.6) is 5.75 Å². The second-order valence-corrected chi connectivity index (χ2v) is 6.82. The molecule has 6 heteroatoms. The average molecular weight is 379 g/mol. The van der Waals surface area contributed by atoms with E-state index >= 15 is 0 Å². The molecule has 132 valence electrons. The molecule has 1 aliphatic rings. The van der Waals surface area contributed by atoms with Crippen LogP contribution in [0.3, 0.4) is 0 Å². The average Bonchev–Trinajstić information content (AvgIpc) is 2.62. The molecule has 25 heavy (non-hydrogen) atoms. The van der Waals surface area contributed by atoms with Crippen LogP contribution in [0.4, 0.5) is 5.69 Å². The van der Waals surface area contributed by atoms with E-state index in [2.05, 4.69) is 4.90 Å². The standard InChI is InChI=1S/C19H20Cl2N2O2/c1-14(25-16-6-4-5-15(20)13-16)19(24)23-11-9-22(10-12-23)18-8-3-2-7-17(18)21/h2-8,13-14H,9-12H2,1H3. The van der Waals surface area contributed by atoms with Gasteiger partial charge in [0.2, 0.25) is 0 Å². The van der Waals surface area contributed by atoms with Gasteiger partial charge < -0.3 is 14.5 Å². The summed E-state index contributed by atoms with van der Waals surface area (Å²) in [6.07, 6.45) is -0.551. The van der Waals surface area contributed by atoms with Crippen molar-refractivity contribution in [2.45, 2.75) is 13.0 Å². The van der Waals surface area contributed by atoms with Crippen LogP contribution < -0.4 is 9.64 Å². The molecule has 1 amide bonds. The molecule has 1 fully saturated rings. The van der Waals surface area contributed by atoms with Gasteiger partial charge in [0.15, 0.2) is 6.10 Å². The number of hydrogen-bond acceptors (Lipinski definition) is 3. The second kappa shape index (κ2) is 7.98. The fraction of sp³-hybridized carbons (Fsp3) is 0.316. The predicted octanol–water partition coefficient (Wildman–Crippen LogP) is 4.11. The Balaban J connectivity index is 1.57. The van der Waals surface area contributed by atoms with Crippen LogP contribution in [0.15, 0.2) is 48.5 Å². The summed E-state index contributed by atoms with van der Waals surface area (Å²) in [5.74, 6) is 0.585. The zero-order valence-corrected chi connectivity index (χ0v) is 15.5. The molecule has 2 aromatic carbocycles. The van der Waals surface area contributed by atoms with E-state index in [1.807, 2.05) is 29.2 Å². The topological polar surface area (TPSA) is 32.8 Å². The molecule has 0 radical (unpaired) electrons. The Morgan fingerprint density at radius 2 is 1.76 bits per heavy atom. The van der Waals surface area contributed by atoms with Crippen molar-refractivity contribution in [3.63, 3.8) is 0 Å². The number of ether oxygens (including phenoxy) is 1. The maximum Gasteiger partial charge on any atom is 0.263 e. The number of carbonyl (C=O) groups is 1. The number of amides is 1. The van der Waals surface area contributed by atoms with Gasteiger partial charge in [-0.15, -0.1) is 0 Å². The quantitative estimate of drug-likeness (QED) is 0.802. The van der Waals surface area contributed by atoms with Crippen molar-refractivity contribution in [3.8, 4) is 5.75 Å². The maximum atomic E-state index is 12.6. The summed E-state index contributed by atoms with van der Waals surface area (Å²) in [7, 11) is 0. The van der Waals surface area contributed by atoms with Crippen LogP contribution in [0.25, 0.3) is 0 Å². The number of nitrogens with zero attached hydrogens (tertiary/aromatic N) is 2. The summed E-state index contributed by atoms with van der Waals surface area (Å²) < 4.78 is 5.73. The molecular weight excluding hydrogens is 359 g/mol. The van der Waals surface area contributed by atoms with Gasteiger partial charge in [-0.25, -0.2) is 0 Å². The number of rotatable bonds is 4. The Morgan fingerprint density at radius 1 is 1.04 bits per heavy atom. The molecule has 1 aliphatic heterocycles. The molecule has 1 heterocycles. The van der Waals surface area contributed by atoms with Gasteiger partial charge in [-0.3, -0.25) is 4.79 Å². The fourth-order valence-electron chi connectivity index (χ4n) is 2.93. The van der Waals surface area contributed by atoms with Crippen LogP contribution in [-0.4, -0.2) is 43.1 Å². The minimum atomic E-state index is -0.551. The molecule has 0 bridgehead atoms. The minimum absolute atomic E-state index is 0.0150. The lowest BCUT2D eigenvalue weighted by Gasteiger charge is -2.37. The Bertz CT molecular complexity index is 746. The summed E-state index contributed by atoms with van der Waals surface area (Å²) in [5.41, 5.74) is 1.01. The first kappa shape index (κ1) is 17.9. The van der Waals surface area contributed by atoms with Gasteiger partial charge >= 0.3 is 0 Å². The van der Waals surface area contributed by atoms with Crippen molar-refractivity contribution in [3.05, 3.63) is 58.6 Å².